The molecule has 0 saturated carbocycles. The fourth-order valence-electron chi connectivity index (χ4n) is 4.53. The van der Waals surface area contributed by atoms with Gasteiger partial charge in [0.05, 0.1) is 18.1 Å². The van der Waals surface area contributed by atoms with E-state index in [1.165, 1.54) is 43.0 Å². The second-order valence-electron chi connectivity index (χ2n) is 8.03. The first-order valence-corrected chi connectivity index (χ1v) is 11.3. The number of hydrogen-bond donors (Lipinski definition) is 1. The van der Waals surface area contributed by atoms with Crippen LogP contribution in [0.25, 0.3) is 0 Å². The standard InChI is InChI=1S/C22H27N3O3S/c26-22(23-19-15-24-9-7-16(19)8-10-24)20-5-6-21(29-20)28-18-3-1-17(2-4-18)25-11-13-27-14-12-25/h1-6,16,19H,7-15H2,(H,23,26). The Balaban J connectivity index is 1.18. The minimum absolute atomic E-state index is 0.0197. The van der Waals surface area contributed by atoms with E-state index in [-0.39, 0.29) is 11.9 Å². The first-order valence-electron chi connectivity index (χ1n) is 10.5. The SMILES string of the molecule is O=C(NC1CN2CCC1CC2)c1ccc(Oc2ccc(N3CCOCC3)cc2)s1. The van der Waals surface area contributed by atoms with E-state index in [4.69, 9.17) is 9.47 Å². The van der Waals surface area contributed by atoms with Crippen molar-refractivity contribution in [2.45, 2.75) is 18.9 Å². The Morgan fingerprint density at radius 3 is 2.48 bits per heavy atom. The van der Waals surface area contributed by atoms with Crippen LogP contribution in [0, 0.1) is 5.92 Å². The number of ether oxygens (including phenoxy) is 2. The number of carbonyl (C=O) groups excluding carboxylic acids is 1. The molecule has 1 atom stereocenters. The lowest BCUT2D eigenvalue weighted by molar-refractivity contribution is 0.0622. The van der Waals surface area contributed by atoms with E-state index in [1.54, 1.807) is 0 Å². The van der Waals surface area contributed by atoms with Crippen molar-refractivity contribution in [1.29, 1.82) is 0 Å². The molecule has 7 heteroatoms. The number of nitrogens with one attached hydrogen (secondary N) is 1. The van der Waals surface area contributed by atoms with Crippen molar-refractivity contribution in [2.75, 3.05) is 50.8 Å². The summed E-state index contributed by atoms with van der Waals surface area (Å²) in [4.78, 5) is 18.2. The van der Waals surface area contributed by atoms with Gasteiger partial charge in [0.15, 0.2) is 5.06 Å². The molecule has 1 N–H and O–H groups in total. The minimum atomic E-state index is 0.0197. The van der Waals surface area contributed by atoms with Gasteiger partial charge >= 0.3 is 0 Å². The highest BCUT2D eigenvalue weighted by atomic mass is 32.1. The number of benzene rings is 1. The summed E-state index contributed by atoms with van der Waals surface area (Å²) in [6.07, 6.45) is 2.40. The van der Waals surface area contributed by atoms with E-state index in [1.807, 2.05) is 24.3 Å². The Bertz CT molecular complexity index is 839. The number of piperidine rings is 3. The molecule has 6 nitrogen and oxygen atoms in total. The van der Waals surface area contributed by atoms with Gasteiger partial charge < -0.3 is 24.6 Å². The number of nitrogens with zero attached hydrogens (tertiary/aromatic N) is 2. The van der Waals surface area contributed by atoms with Crippen molar-refractivity contribution >= 4 is 22.9 Å². The van der Waals surface area contributed by atoms with Crippen molar-refractivity contribution < 1.29 is 14.3 Å². The summed E-state index contributed by atoms with van der Waals surface area (Å²) >= 11 is 1.40. The van der Waals surface area contributed by atoms with E-state index in [0.717, 1.165) is 43.7 Å². The van der Waals surface area contributed by atoms with Crippen LogP contribution in [-0.4, -0.2) is 62.8 Å². The molecular weight excluding hydrogens is 386 g/mol. The molecule has 1 aromatic carbocycles. The average Bonchev–Trinajstić information content (AvgIpc) is 3.24. The third-order valence-electron chi connectivity index (χ3n) is 6.21. The Morgan fingerprint density at radius 1 is 1.03 bits per heavy atom. The third-order valence-corrected chi connectivity index (χ3v) is 7.17. The zero-order valence-electron chi connectivity index (χ0n) is 16.5. The van der Waals surface area contributed by atoms with Gasteiger partial charge in [0.2, 0.25) is 0 Å². The third kappa shape index (κ3) is 4.27. The summed E-state index contributed by atoms with van der Waals surface area (Å²) in [7, 11) is 0. The van der Waals surface area contributed by atoms with Gasteiger partial charge in [-0.05, 0) is 68.2 Å². The van der Waals surface area contributed by atoms with Crippen LogP contribution in [0.2, 0.25) is 0 Å². The zero-order valence-corrected chi connectivity index (χ0v) is 17.3. The predicted octanol–water partition coefficient (Wildman–Crippen LogP) is 3.20. The van der Waals surface area contributed by atoms with Gasteiger partial charge in [0.1, 0.15) is 5.75 Å². The lowest BCUT2D eigenvalue weighted by atomic mass is 9.84. The molecule has 2 aromatic rings. The maximum atomic E-state index is 12.7. The molecular formula is C22H27N3O3S. The van der Waals surface area contributed by atoms with E-state index < -0.39 is 0 Å². The van der Waals surface area contributed by atoms with Gasteiger partial charge in [-0.1, -0.05) is 11.3 Å². The van der Waals surface area contributed by atoms with Gasteiger partial charge in [-0.25, -0.2) is 0 Å². The molecule has 1 aromatic heterocycles. The number of fused-ring (bicyclic) bond motifs is 3. The molecule has 4 aliphatic heterocycles. The van der Waals surface area contributed by atoms with Crippen molar-refractivity contribution in [1.82, 2.24) is 10.2 Å². The number of anilines is 1. The lowest BCUT2D eigenvalue weighted by Crippen LogP contribution is -2.57. The highest BCUT2D eigenvalue weighted by Gasteiger charge is 2.35. The monoisotopic (exact) mass is 413 g/mol. The van der Waals surface area contributed by atoms with Crippen LogP contribution in [0.5, 0.6) is 10.8 Å². The number of morpholine rings is 1. The number of hydrogen-bond acceptors (Lipinski definition) is 6. The summed E-state index contributed by atoms with van der Waals surface area (Å²) in [5.41, 5.74) is 1.18. The fourth-order valence-corrected chi connectivity index (χ4v) is 5.31. The second kappa shape index (κ2) is 8.34. The molecule has 5 heterocycles. The molecule has 6 rings (SSSR count). The van der Waals surface area contributed by atoms with Crippen LogP contribution >= 0.6 is 11.3 Å². The Labute approximate surface area is 175 Å². The van der Waals surface area contributed by atoms with Crippen molar-refractivity contribution in [3.63, 3.8) is 0 Å². The Kier molecular flexibility index (Phi) is 5.44. The first kappa shape index (κ1) is 18.9. The van der Waals surface area contributed by atoms with Gasteiger partial charge in [-0.3, -0.25) is 4.79 Å². The molecule has 4 saturated heterocycles. The van der Waals surface area contributed by atoms with Crippen LogP contribution in [0.1, 0.15) is 22.5 Å². The maximum absolute atomic E-state index is 12.7. The number of rotatable bonds is 5. The van der Waals surface area contributed by atoms with Gasteiger partial charge in [0, 0.05) is 31.4 Å². The molecule has 4 aliphatic rings. The molecule has 0 aliphatic carbocycles. The van der Waals surface area contributed by atoms with E-state index in [0.29, 0.717) is 10.8 Å². The molecule has 1 amide bonds. The summed E-state index contributed by atoms with van der Waals surface area (Å²) in [6.45, 7) is 6.74. The Hall–Kier alpha value is -2.09. The van der Waals surface area contributed by atoms with E-state index >= 15 is 0 Å². The highest BCUT2D eigenvalue weighted by Crippen LogP contribution is 2.32. The molecule has 154 valence electrons. The van der Waals surface area contributed by atoms with Crippen LogP contribution in [-0.2, 0) is 4.74 Å². The predicted molar refractivity (Wildman–Crippen MR) is 114 cm³/mol. The summed E-state index contributed by atoms with van der Waals surface area (Å²) in [5, 5.41) is 3.99. The molecule has 2 bridgehead atoms. The zero-order chi connectivity index (χ0) is 19.6. The minimum Gasteiger partial charge on any atom is -0.447 e. The van der Waals surface area contributed by atoms with Gasteiger partial charge in [0.25, 0.3) is 5.91 Å². The molecule has 0 spiro atoms. The summed E-state index contributed by atoms with van der Waals surface area (Å²) in [6, 6.07) is 12.1. The normalized spacial score (nSPS) is 26.3. The highest BCUT2D eigenvalue weighted by molar-refractivity contribution is 7.15. The van der Waals surface area contributed by atoms with Gasteiger partial charge in [-0.15, -0.1) is 0 Å². The molecule has 29 heavy (non-hydrogen) atoms. The number of amides is 1. The number of carbonyl (C=O) groups is 1. The average molecular weight is 414 g/mol. The smallest absolute Gasteiger partial charge is 0.261 e. The topological polar surface area (TPSA) is 54.0 Å². The fraction of sp³-hybridized carbons (Fsp3) is 0.500. The molecule has 1 unspecified atom stereocenters. The van der Waals surface area contributed by atoms with Crippen molar-refractivity contribution in [2.24, 2.45) is 5.92 Å². The Morgan fingerprint density at radius 2 is 1.79 bits per heavy atom. The van der Waals surface area contributed by atoms with Crippen LogP contribution in [0.15, 0.2) is 36.4 Å². The maximum Gasteiger partial charge on any atom is 0.261 e. The van der Waals surface area contributed by atoms with Crippen molar-refractivity contribution in [3.8, 4) is 10.8 Å². The quantitative estimate of drug-likeness (QED) is 0.816. The van der Waals surface area contributed by atoms with E-state index in [2.05, 4.69) is 27.2 Å². The number of thiophene rings is 1. The molecule has 0 radical (unpaired) electrons. The van der Waals surface area contributed by atoms with Gasteiger partial charge in [-0.2, -0.15) is 0 Å². The first-order chi connectivity index (χ1) is 14.2. The van der Waals surface area contributed by atoms with E-state index in [9.17, 15) is 4.79 Å². The summed E-state index contributed by atoms with van der Waals surface area (Å²) in [5.74, 6) is 1.43. The van der Waals surface area contributed by atoms with Crippen LogP contribution in [0.4, 0.5) is 5.69 Å². The van der Waals surface area contributed by atoms with Crippen LogP contribution < -0.4 is 15.0 Å². The van der Waals surface area contributed by atoms with Crippen LogP contribution in [0.3, 0.4) is 0 Å². The lowest BCUT2D eigenvalue weighted by Gasteiger charge is -2.44. The second-order valence-corrected chi connectivity index (χ2v) is 9.08. The largest absolute Gasteiger partial charge is 0.447 e. The summed E-state index contributed by atoms with van der Waals surface area (Å²) < 4.78 is 11.4. The molecule has 4 fully saturated rings. The van der Waals surface area contributed by atoms with Crippen molar-refractivity contribution in [3.05, 3.63) is 41.3 Å².